The van der Waals surface area contributed by atoms with Gasteiger partial charge in [-0.05, 0) is 12.2 Å². The Bertz CT molecular complexity index is 222. The van der Waals surface area contributed by atoms with Crippen molar-refractivity contribution in [2.75, 3.05) is 13.2 Å². The minimum absolute atomic E-state index is 0.167. The summed E-state index contributed by atoms with van der Waals surface area (Å²) in [5, 5.41) is 8.83. The number of hydrogen-bond donors (Lipinski definition) is 1. The Labute approximate surface area is 63.4 Å². The first-order valence-corrected chi connectivity index (χ1v) is 3.42. The Kier molecular flexibility index (Phi) is 1.35. The highest BCUT2D eigenvalue weighted by atomic mass is 16.8. The van der Waals surface area contributed by atoms with E-state index in [0.717, 1.165) is 0 Å². The molecule has 1 fully saturated rings. The Morgan fingerprint density at radius 1 is 1.82 bits per heavy atom. The van der Waals surface area contributed by atoms with Crippen molar-refractivity contribution in [3.05, 3.63) is 12.2 Å². The molecule has 0 aromatic carbocycles. The summed E-state index contributed by atoms with van der Waals surface area (Å²) in [5.41, 5.74) is 0. The number of aliphatic hydroxyl groups excluding tert-OH is 1. The Morgan fingerprint density at radius 2 is 2.64 bits per heavy atom. The molecule has 0 radical (unpaired) electrons. The highest BCUT2D eigenvalue weighted by molar-refractivity contribution is 5.97. The molecule has 0 aliphatic carbocycles. The molecule has 60 valence electrons. The highest BCUT2D eigenvalue weighted by Crippen LogP contribution is 2.29. The number of rotatable bonds is 1. The molecular formula is C7H8O4. The van der Waals surface area contributed by atoms with Crippen LogP contribution in [0.15, 0.2) is 12.2 Å². The van der Waals surface area contributed by atoms with Gasteiger partial charge in [-0.1, -0.05) is 0 Å². The Hall–Kier alpha value is -0.710. The smallest absolute Gasteiger partial charge is 0.257 e. The van der Waals surface area contributed by atoms with Crippen molar-refractivity contribution >= 4 is 5.78 Å². The van der Waals surface area contributed by atoms with Gasteiger partial charge in [-0.3, -0.25) is 4.79 Å². The van der Waals surface area contributed by atoms with E-state index in [0.29, 0.717) is 6.61 Å². The van der Waals surface area contributed by atoms with Gasteiger partial charge in [0.1, 0.15) is 12.7 Å². The molecule has 2 aliphatic heterocycles. The molecular weight excluding hydrogens is 148 g/mol. The van der Waals surface area contributed by atoms with Crippen molar-refractivity contribution in [3.63, 3.8) is 0 Å². The second-order valence-corrected chi connectivity index (χ2v) is 2.60. The third-order valence-electron chi connectivity index (χ3n) is 1.87. The van der Waals surface area contributed by atoms with Crippen LogP contribution < -0.4 is 0 Å². The quantitative estimate of drug-likeness (QED) is 0.541. The van der Waals surface area contributed by atoms with Crippen molar-refractivity contribution < 1.29 is 19.4 Å². The van der Waals surface area contributed by atoms with Crippen LogP contribution in [0.2, 0.25) is 0 Å². The second kappa shape index (κ2) is 2.14. The van der Waals surface area contributed by atoms with E-state index in [2.05, 4.69) is 0 Å². The van der Waals surface area contributed by atoms with Gasteiger partial charge in [-0.15, -0.1) is 0 Å². The molecule has 0 aromatic heterocycles. The summed E-state index contributed by atoms with van der Waals surface area (Å²) in [6, 6.07) is 0. The topological polar surface area (TPSA) is 55.8 Å². The monoisotopic (exact) mass is 156 g/mol. The van der Waals surface area contributed by atoms with Gasteiger partial charge in [0.15, 0.2) is 0 Å². The molecule has 0 saturated carbocycles. The van der Waals surface area contributed by atoms with Crippen molar-refractivity contribution in [3.8, 4) is 0 Å². The lowest BCUT2D eigenvalue weighted by molar-refractivity contribution is -0.193. The van der Waals surface area contributed by atoms with Gasteiger partial charge >= 0.3 is 0 Å². The van der Waals surface area contributed by atoms with Gasteiger partial charge < -0.3 is 14.6 Å². The van der Waals surface area contributed by atoms with Crippen molar-refractivity contribution in [1.29, 1.82) is 0 Å². The zero-order chi connectivity index (χ0) is 7.90. The van der Waals surface area contributed by atoms with E-state index < -0.39 is 12.4 Å². The molecule has 2 rings (SSSR count). The number of aliphatic hydroxyl groups is 1. The molecule has 0 spiro atoms. The van der Waals surface area contributed by atoms with Crippen molar-refractivity contribution in [1.82, 2.24) is 0 Å². The fourth-order valence-electron chi connectivity index (χ4n) is 1.24. The Balaban J connectivity index is 2.34. The molecule has 1 unspecified atom stereocenters. The van der Waals surface area contributed by atoms with Crippen LogP contribution in [0, 0.1) is 0 Å². The van der Waals surface area contributed by atoms with Crippen LogP contribution in [0.5, 0.6) is 0 Å². The number of ether oxygens (including phenoxy) is 2. The summed E-state index contributed by atoms with van der Waals surface area (Å²) in [6.07, 6.45) is 2.88. The van der Waals surface area contributed by atoms with Crippen molar-refractivity contribution in [2.24, 2.45) is 0 Å². The van der Waals surface area contributed by atoms with Crippen LogP contribution in [0.3, 0.4) is 0 Å². The van der Waals surface area contributed by atoms with Gasteiger partial charge in [0.05, 0.1) is 6.61 Å². The van der Waals surface area contributed by atoms with E-state index >= 15 is 0 Å². The van der Waals surface area contributed by atoms with Crippen LogP contribution in [0.25, 0.3) is 0 Å². The molecule has 4 nitrogen and oxygen atoms in total. The van der Waals surface area contributed by atoms with Gasteiger partial charge in [0, 0.05) is 0 Å². The average molecular weight is 156 g/mol. The number of ketones is 1. The minimum atomic E-state index is -1.38. The van der Waals surface area contributed by atoms with Crippen molar-refractivity contribution in [2.45, 2.75) is 11.9 Å². The zero-order valence-corrected chi connectivity index (χ0v) is 5.82. The maximum atomic E-state index is 11.1. The first kappa shape index (κ1) is 6.97. The number of carbonyl (C=O) groups is 1. The van der Waals surface area contributed by atoms with E-state index in [4.69, 9.17) is 14.6 Å². The molecule has 2 bridgehead atoms. The molecule has 11 heavy (non-hydrogen) atoms. The van der Waals surface area contributed by atoms with Gasteiger partial charge in [0.2, 0.25) is 5.78 Å². The molecule has 2 atom stereocenters. The fraction of sp³-hybridized carbons (Fsp3) is 0.571. The summed E-state index contributed by atoms with van der Waals surface area (Å²) >= 11 is 0. The lowest BCUT2D eigenvalue weighted by Crippen LogP contribution is -2.44. The SMILES string of the molecule is O=C1C=C[C@H]2COC1(CO)O2. The summed E-state index contributed by atoms with van der Waals surface area (Å²) in [4.78, 5) is 11.1. The van der Waals surface area contributed by atoms with Gasteiger partial charge in [-0.25, -0.2) is 0 Å². The van der Waals surface area contributed by atoms with Crippen LogP contribution in [0.4, 0.5) is 0 Å². The van der Waals surface area contributed by atoms with Gasteiger partial charge in [0.25, 0.3) is 5.79 Å². The van der Waals surface area contributed by atoms with Crippen LogP contribution in [0.1, 0.15) is 0 Å². The molecule has 2 heterocycles. The molecule has 0 aromatic rings. The highest BCUT2D eigenvalue weighted by Gasteiger charge is 2.48. The normalized spacial score (nSPS) is 41.5. The standard InChI is InChI=1S/C7H8O4/c8-4-7-6(9)2-1-5(11-7)3-10-7/h1-2,5,8H,3-4H2/t5-,7?/m0/s1. The number of carbonyl (C=O) groups excluding carboxylic acids is 1. The maximum Gasteiger partial charge on any atom is 0.257 e. The molecule has 4 heteroatoms. The van der Waals surface area contributed by atoms with E-state index in [1.165, 1.54) is 6.08 Å². The molecule has 1 saturated heterocycles. The fourth-order valence-corrected chi connectivity index (χ4v) is 1.24. The van der Waals surface area contributed by atoms with Crippen LogP contribution >= 0.6 is 0 Å². The number of fused-ring (bicyclic) bond motifs is 2. The van der Waals surface area contributed by atoms with Crippen LogP contribution in [-0.2, 0) is 14.3 Å². The summed E-state index contributed by atoms with van der Waals surface area (Å²) in [6.45, 7) is -0.0600. The predicted molar refractivity (Wildman–Crippen MR) is 34.8 cm³/mol. The van der Waals surface area contributed by atoms with E-state index in [1.54, 1.807) is 6.08 Å². The summed E-state index contributed by atoms with van der Waals surface area (Å²) in [7, 11) is 0. The zero-order valence-electron chi connectivity index (χ0n) is 5.82. The molecule has 2 aliphatic rings. The first-order valence-electron chi connectivity index (χ1n) is 3.42. The second-order valence-electron chi connectivity index (χ2n) is 2.60. The molecule has 0 amide bonds. The lowest BCUT2D eigenvalue weighted by atomic mass is 10.1. The maximum absolute atomic E-state index is 11.1. The van der Waals surface area contributed by atoms with Crippen LogP contribution in [-0.4, -0.2) is 36.0 Å². The minimum Gasteiger partial charge on any atom is -0.390 e. The third-order valence-corrected chi connectivity index (χ3v) is 1.87. The summed E-state index contributed by atoms with van der Waals surface area (Å²) < 4.78 is 10.2. The first-order chi connectivity index (χ1) is 5.27. The lowest BCUT2D eigenvalue weighted by Gasteiger charge is -2.24. The van der Waals surface area contributed by atoms with Gasteiger partial charge in [-0.2, -0.15) is 0 Å². The largest absolute Gasteiger partial charge is 0.390 e. The average Bonchev–Trinajstić information content (AvgIpc) is 2.39. The van der Waals surface area contributed by atoms with E-state index in [1.807, 2.05) is 0 Å². The Morgan fingerprint density at radius 3 is 3.27 bits per heavy atom. The molecule has 1 N–H and O–H groups in total. The van der Waals surface area contributed by atoms with E-state index in [9.17, 15) is 4.79 Å². The van der Waals surface area contributed by atoms with E-state index in [-0.39, 0.29) is 11.9 Å². The third kappa shape index (κ3) is 0.837. The number of hydrogen-bond acceptors (Lipinski definition) is 4. The predicted octanol–water partition coefficient (Wildman–Crippen LogP) is -0.771. The summed E-state index contributed by atoms with van der Waals surface area (Å²) in [5.74, 6) is -1.69.